The predicted molar refractivity (Wildman–Crippen MR) is 81.6 cm³/mol. The summed E-state index contributed by atoms with van der Waals surface area (Å²) in [6.45, 7) is 0.441. The molecule has 20 heavy (non-hydrogen) atoms. The van der Waals surface area contributed by atoms with E-state index in [1.165, 1.54) is 6.08 Å². The lowest BCUT2D eigenvalue weighted by Gasteiger charge is -2.13. The highest BCUT2D eigenvalue weighted by Gasteiger charge is 2.06. The van der Waals surface area contributed by atoms with Crippen molar-refractivity contribution in [3.63, 3.8) is 0 Å². The van der Waals surface area contributed by atoms with E-state index in [1.54, 1.807) is 20.3 Å². The van der Waals surface area contributed by atoms with Crippen molar-refractivity contribution in [1.29, 1.82) is 0 Å². The smallest absolute Gasteiger partial charge is 0.127 e. The maximum atomic E-state index is 5.76. The first-order valence-electron chi connectivity index (χ1n) is 5.70. The van der Waals surface area contributed by atoms with Gasteiger partial charge in [-0.25, -0.2) is 0 Å². The van der Waals surface area contributed by atoms with Crippen LogP contribution in [0.1, 0.15) is 5.56 Å². The zero-order valence-electron chi connectivity index (χ0n) is 11.2. The van der Waals surface area contributed by atoms with Crippen molar-refractivity contribution in [1.82, 2.24) is 5.32 Å². The minimum atomic E-state index is 0.0704. The molecule has 0 aliphatic rings. The number of benzene rings is 1. The number of nitrogens with two attached hydrogens (primary N) is 2. The molecule has 0 amide bonds. The van der Waals surface area contributed by atoms with Crippen LogP contribution in [0.5, 0.6) is 11.5 Å². The SMILES string of the molecule is COc1ccc(CNC(/C=C(\N)Cl)=C(/N)Cl)c(OC)c1. The second-order valence-electron chi connectivity index (χ2n) is 3.82. The first-order chi connectivity index (χ1) is 9.47. The van der Waals surface area contributed by atoms with Gasteiger partial charge in [0, 0.05) is 18.2 Å². The first-order valence-corrected chi connectivity index (χ1v) is 6.46. The zero-order valence-corrected chi connectivity index (χ0v) is 12.8. The van der Waals surface area contributed by atoms with Gasteiger partial charge >= 0.3 is 0 Å². The van der Waals surface area contributed by atoms with Crippen LogP contribution in [0.25, 0.3) is 0 Å². The Morgan fingerprint density at radius 2 is 1.95 bits per heavy atom. The van der Waals surface area contributed by atoms with Gasteiger partial charge in [-0.3, -0.25) is 0 Å². The molecule has 110 valence electrons. The highest BCUT2D eigenvalue weighted by atomic mass is 35.5. The molecule has 0 aliphatic heterocycles. The fourth-order valence-corrected chi connectivity index (χ4v) is 1.76. The molecule has 5 N–H and O–H groups in total. The van der Waals surface area contributed by atoms with Gasteiger partial charge in [0.05, 0.1) is 19.9 Å². The normalized spacial score (nSPS) is 12.7. The lowest BCUT2D eigenvalue weighted by Crippen LogP contribution is -2.16. The van der Waals surface area contributed by atoms with Crippen LogP contribution in [0, 0.1) is 0 Å². The molecule has 0 saturated carbocycles. The van der Waals surface area contributed by atoms with Crippen LogP contribution in [0.3, 0.4) is 0 Å². The average molecular weight is 318 g/mol. The van der Waals surface area contributed by atoms with Gasteiger partial charge in [-0.1, -0.05) is 23.2 Å². The molecule has 0 heterocycles. The van der Waals surface area contributed by atoms with Crippen LogP contribution >= 0.6 is 23.2 Å². The molecule has 1 aromatic carbocycles. The van der Waals surface area contributed by atoms with Gasteiger partial charge < -0.3 is 26.3 Å². The lowest BCUT2D eigenvalue weighted by atomic mass is 10.2. The van der Waals surface area contributed by atoms with E-state index in [0.29, 0.717) is 23.7 Å². The quantitative estimate of drug-likeness (QED) is 0.553. The first kappa shape index (κ1) is 16.3. The molecule has 0 atom stereocenters. The summed E-state index contributed by atoms with van der Waals surface area (Å²) in [5.41, 5.74) is 12.3. The van der Waals surface area contributed by atoms with Crippen LogP contribution in [0.2, 0.25) is 0 Å². The Balaban J connectivity index is 2.89. The number of hydrogen-bond acceptors (Lipinski definition) is 5. The summed E-state index contributed by atoms with van der Waals surface area (Å²) in [7, 11) is 3.18. The monoisotopic (exact) mass is 317 g/mol. The third-order valence-electron chi connectivity index (χ3n) is 2.50. The second kappa shape index (κ2) is 7.77. The van der Waals surface area contributed by atoms with E-state index in [4.69, 9.17) is 44.1 Å². The third kappa shape index (κ3) is 4.75. The summed E-state index contributed by atoms with van der Waals surface area (Å²) >= 11 is 11.4. The molecule has 0 fully saturated rings. The Bertz CT molecular complexity index is 522. The Kier molecular flexibility index (Phi) is 6.35. The van der Waals surface area contributed by atoms with Crippen LogP contribution in [-0.4, -0.2) is 14.2 Å². The molecule has 0 spiro atoms. The lowest BCUT2D eigenvalue weighted by molar-refractivity contribution is 0.390. The zero-order chi connectivity index (χ0) is 15.1. The highest BCUT2D eigenvalue weighted by molar-refractivity contribution is 6.30. The summed E-state index contributed by atoms with van der Waals surface area (Å²) in [6, 6.07) is 5.50. The number of halogens is 2. The van der Waals surface area contributed by atoms with Crippen LogP contribution in [0.15, 0.2) is 40.3 Å². The standard InChI is InChI=1S/C13H17Cl2N3O2/c1-19-9-4-3-8(11(5-9)20-2)7-18-10(13(15)17)6-12(14)16/h3-6,18H,7,16-17H2,1-2H3/b12-6-,13-10+. The second-order valence-corrected chi connectivity index (χ2v) is 4.67. The average Bonchev–Trinajstić information content (AvgIpc) is 2.42. The molecule has 0 bridgehead atoms. The van der Waals surface area contributed by atoms with E-state index in [1.807, 2.05) is 12.1 Å². The van der Waals surface area contributed by atoms with E-state index in [2.05, 4.69) is 5.32 Å². The maximum Gasteiger partial charge on any atom is 0.127 e. The highest BCUT2D eigenvalue weighted by Crippen LogP contribution is 2.24. The number of nitrogens with one attached hydrogen (secondary N) is 1. The Hall–Kier alpha value is -1.72. The van der Waals surface area contributed by atoms with E-state index < -0.39 is 0 Å². The molecule has 1 aromatic rings. The van der Waals surface area contributed by atoms with Gasteiger partial charge in [0.2, 0.25) is 0 Å². The van der Waals surface area contributed by atoms with E-state index in [9.17, 15) is 0 Å². The molecule has 0 radical (unpaired) electrons. The Morgan fingerprint density at radius 1 is 1.25 bits per heavy atom. The van der Waals surface area contributed by atoms with Gasteiger partial charge in [-0.05, 0) is 18.2 Å². The fourth-order valence-electron chi connectivity index (χ4n) is 1.53. The van der Waals surface area contributed by atoms with Gasteiger partial charge in [0.15, 0.2) is 0 Å². The maximum absolute atomic E-state index is 5.76. The van der Waals surface area contributed by atoms with Gasteiger partial charge in [0.1, 0.15) is 21.8 Å². The van der Waals surface area contributed by atoms with Crippen molar-refractivity contribution in [2.45, 2.75) is 6.54 Å². The van der Waals surface area contributed by atoms with Gasteiger partial charge in [-0.15, -0.1) is 0 Å². The van der Waals surface area contributed by atoms with E-state index >= 15 is 0 Å². The minimum Gasteiger partial charge on any atom is -0.497 e. The topological polar surface area (TPSA) is 82.5 Å². The van der Waals surface area contributed by atoms with Crippen molar-refractivity contribution in [2.24, 2.45) is 11.5 Å². The van der Waals surface area contributed by atoms with Crippen molar-refractivity contribution in [3.8, 4) is 11.5 Å². The molecular formula is C13H17Cl2N3O2. The number of ether oxygens (including phenoxy) is 2. The van der Waals surface area contributed by atoms with Crippen LogP contribution in [0.4, 0.5) is 0 Å². The molecule has 0 saturated heterocycles. The number of allylic oxidation sites excluding steroid dienone is 1. The third-order valence-corrected chi connectivity index (χ3v) is 2.82. The molecule has 5 nitrogen and oxygen atoms in total. The molecule has 0 aromatic heterocycles. The van der Waals surface area contributed by atoms with Crippen molar-refractivity contribution >= 4 is 23.2 Å². The Morgan fingerprint density at radius 3 is 2.45 bits per heavy atom. The summed E-state index contributed by atoms with van der Waals surface area (Å²) in [6.07, 6.45) is 1.44. The van der Waals surface area contributed by atoms with Crippen LogP contribution in [-0.2, 0) is 6.54 Å². The van der Waals surface area contributed by atoms with E-state index in [-0.39, 0.29) is 10.3 Å². The fraction of sp³-hybridized carbons (Fsp3) is 0.231. The van der Waals surface area contributed by atoms with Crippen molar-refractivity contribution in [3.05, 3.63) is 45.8 Å². The molecule has 7 heteroatoms. The van der Waals surface area contributed by atoms with Crippen LogP contribution < -0.4 is 26.3 Å². The van der Waals surface area contributed by atoms with Gasteiger partial charge in [-0.2, -0.15) is 0 Å². The molecule has 0 unspecified atom stereocenters. The predicted octanol–water partition coefficient (Wildman–Crippen LogP) is 2.20. The summed E-state index contributed by atoms with van der Waals surface area (Å²) in [5, 5.41) is 3.19. The summed E-state index contributed by atoms with van der Waals surface area (Å²) in [5.74, 6) is 1.40. The van der Waals surface area contributed by atoms with Crippen molar-refractivity contribution in [2.75, 3.05) is 14.2 Å². The molecule has 1 rings (SSSR count). The molecular weight excluding hydrogens is 301 g/mol. The Labute approximate surface area is 128 Å². The largest absolute Gasteiger partial charge is 0.497 e. The summed E-state index contributed by atoms with van der Waals surface area (Å²) < 4.78 is 10.4. The number of hydrogen-bond donors (Lipinski definition) is 3. The molecule has 0 aliphatic carbocycles. The van der Waals surface area contributed by atoms with Gasteiger partial charge in [0.25, 0.3) is 0 Å². The van der Waals surface area contributed by atoms with Crippen molar-refractivity contribution < 1.29 is 9.47 Å². The number of rotatable bonds is 6. The summed E-state index contributed by atoms with van der Waals surface area (Å²) in [4.78, 5) is 0. The number of methoxy groups -OCH3 is 2. The van der Waals surface area contributed by atoms with E-state index in [0.717, 1.165) is 5.56 Å². The minimum absolute atomic E-state index is 0.0704.